The lowest BCUT2D eigenvalue weighted by Gasteiger charge is -2.09. The fraction of sp³-hybridized carbons (Fsp3) is 0.118. The molecule has 21 heavy (non-hydrogen) atoms. The molecule has 1 N–H and O–H groups in total. The molecule has 0 saturated carbocycles. The number of hydrogen-bond donors (Lipinski definition) is 1. The lowest BCUT2D eigenvalue weighted by molar-refractivity contribution is 0.102. The van der Waals surface area contributed by atoms with E-state index >= 15 is 0 Å². The van der Waals surface area contributed by atoms with Crippen molar-refractivity contribution in [3.05, 3.63) is 70.7 Å². The summed E-state index contributed by atoms with van der Waals surface area (Å²) in [5, 5.41) is 2.86. The summed E-state index contributed by atoms with van der Waals surface area (Å²) in [5.41, 5.74) is 2.21. The minimum absolute atomic E-state index is 0.178. The molecule has 108 valence electrons. The van der Waals surface area contributed by atoms with Crippen molar-refractivity contribution in [3.8, 4) is 5.75 Å². The van der Waals surface area contributed by atoms with E-state index in [9.17, 15) is 4.79 Å². The van der Waals surface area contributed by atoms with Gasteiger partial charge >= 0.3 is 0 Å². The van der Waals surface area contributed by atoms with Gasteiger partial charge in [0.05, 0.1) is 5.69 Å². The molecule has 2 rings (SSSR count). The van der Waals surface area contributed by atoms with Gasteiger partial charge in [0.25, 0.3) is 5.91 Å². The first kappa shape index (κ1) is 15.3. The van der Waals surface area contributed by atoms with Crippen LogP contribution in [0.5, 0.6) is 5.75 Å². The van der Waals surface area contributed by atoms with Crippen LogP contribution in [-0.4, -0.2) is 12.5 Å². The molecule has 0 bridgehead atoms. The summed E-state index contributed by atoms with van der Waals surface area (Å²) in [7, 11) is 0. The number of benzene rings is 2. The Morgan fingerprint density at radius 1 is 1.24 bits per heavy atom. The minimum Gasteiger partial charge on any atom is -0.489 e. The maximum atomic E-state index is 12.3. The third-order valence-electron chi connectivity index (χ3n) is 2.70. The monoisotopic (exact) mass is 345 g/mol. The number of nitrogens with one attached hydrogen (secondary N) is 1. The van der Waals surface area contributed by atoms with Crippen LogP contribution in [-0.2, 0) is 0 Å². The van der Waals surface area contributed by atoms with Gasteiger partial charge in [-0.1, -0.05) is 24.8 Å². The number of amides is 1. The summed E-state index contributed by atoms with van der Waals surface area (Å²) in [4.78, 5) is 12.3. The highest BCUT2D eigenvalue weighted by molar-refractivity contribution is 9.10. The zero-order valence-electron chi connectivity index (χ0n) is 11.7. The molecule has 1 amide bonds. The van der Waals surface area contributed by atoms with E-state index in [4.69, 9.17) is 4.74 Å². The molecule has 0 atom stereocenters. The van der Waals surface area contributed by atoms with Crippen LogP contribution in [0, 0.1) is 0 Å². The smallest absolute Gasteiger partial charge is 0.255 e. The molecule has 3 nitrogen and oxygen atoms in total. The summed E-state index contributed by atoms with van der Waals surface area (Å²) < 4.78 is 6.38. The fourth-order valence-corrected chi connectivity index (χ4v) is 2.07. The van der Waals surface area contributed by atoms with Gasteiger partial charge in [-0.15, -0.1) is 0 Å². The molecule has 0 aliphatic rings. The van der Waals surface area contributed by atoms with Crippen LogP contribution in [0.2, 0.25) is 0 Å². The molecular weight excluding hydrogens is 330 g/mol. The Labute approximate surface area is 132 Å². The Hall–Kier alpha value is -2.07. The molecule has 0 heterocycles. The summed E-state index contributed by atoms with van der Waals surface area (Å²) >= 11 is 3.40. The Morgan fingerprint density at radius 3 is 2.71 bits per heavy atom. The van der Waals surface area contributed by atoms with E-state index in [0.717, 1.165) is 15.7 Å². The quantitative estimate of drug-likeness (QED) is 0.800. The molecule has 2 aromatic rings. The second-order valence-corrected chi connectivity index (χ2v) is 5.56. The van der Waals surface area contributed by atoms with Crippen LogP contribution in [0.3, 0.4) is 0 Å². The van der Waals surface area contributed by atoms with E-state index in [1.807, 2.05) is 37.3 Å². The van der Waals surface area contributed by atoms with Gasteiger partial charge in [-0.3, -0.25) is 4.79 Å². The number of ether oxygens (including phenoxy) is 1. The van der Waals surface area contributed by atoms with E-state index in [0.29, 0.717) is 17.9 Å². The third-order valence-corrected chi connectivity index (χ3v) is 3.40. The first-order valence-corrected chi connectivity index (χ1v) is 7.28. The van der Waals surface area contributed by atoms with Crippen LogP contribution in [0.4, 0.5) is 5.69 Å². The highest BCUT2D eigenvalue weighted by Gasteiger charge is 2.09. The average molecular weight is 346 g/mol. The van der Waals surface area contributed by atoms with Crippen molar-refractivity contribution in [2.75, 3.05) is 11.9 Å². The van der Waals surface area contributed by atoms with Gasteiger partial charge in [-0.05, 0) is 58.8 Å². The largest absolute Gasteiger partial charge is 0.489 e. The topological polar surface area (TPSA) is 38.3 Å². The summed E-state index contributed by atoms with van der Waals surface area (Å²) in [6.45, 7) is 6.12. The molecule has 0 saturated heterocycles. The van der Waals surface area contributed by atoms with Crippen molar-refractivity contribution in [1.82, 2.24) is 0 Å². The van der Waals surface area contributed by atoms with E-state index < -0.39 is 0 Å². The molecule has 0 aromatic heterocycles. The average Bonchev–Trinajstić information content (AvgIpc) is 2.48. The van der Waals surface area contributed by atoms with Gasteiger partial charge in [0, 0.05) is 10.0 Å². The number of carbonyl (C=O) groups is 1. The second-order valence-electron chi connectivity index (χ2n) is 4.71. The first-order valence-electron chi connectivity index (χ1n) is 6.49. The Bertz CT molecular complexity index is 667. The number of para-hydroxylation sites is 1. The predicted molar refractivity (Wildman–Crippen MR) is 88.8 cm³/mol. The summed E-state index contributed by atoms with van der Waals surface area (Å²) in [5.74, 6) is 0.473. The molecular formula is C17H16BrNO2. The third kappa shape index (κ3) is 4.46. The summed E-state index contributed by atoms with van der Waals surface area (Å²) in [6.07, 6.45) is 0. The molecule has 0 radical (unpaired) electrons. The maximum Gasteiger partial charge on any atom is 0.255 e. The van der Waals surface area contributed by atoms with Crippen molar-refractivity contribution in [1.29, 1.82) is 0 Å². The van der Waals surface area contributed by atoms with E-state index in [2.05, 4.69) is 27.8 Å². The van der Waals surface area contributed by atoms with Crippen molar-refractivity contribution in [3.63, 3.8) is 0 Å². The molecule has 0 aliphatic carbocycles. The van der Waals surface area contributed by atoms with Crippen LogP contribution in [0.15, 0.2) is 65.2 Å². The van der Waals surface area contributed by atoms with Gasteiger partial charge in [-0.25, -0.2) is 0 Å². The fourth-order valence-electron chi connectivity index (χ4n) is 1.69. The molecule has 2 aromatic carbocycles. The summed E-state index contributed by atoms with van der Waals surface area (Å²) in [6, 6.07) is 14.6. The first-order chi connectivity index (χ1) is 10.1. The van der Waals surface area contributed by atoms with Crippen molar-refractivity contribution in [2.24, 2.45) is 0 Å². The van der Waals surface area contributed by atoms with Crippen LogP contribution in [0.25, 0.3) is 0 Å². The molecule has 0 aliphatic heterocycles. The highest BCUT2D eigenvalue weighted by Crippen LogP contribution is 2.22. The zero-order valence-corrected chi connectivity index (χ0v) is 13.3. The normalized spacial score (nSPS) is 10.0. The van der Waals surface area contributed by atoms with E-state index in [1.54, 1.807) is 18.2 Å². The van der Waals surface area contributed by atoms with Crippen LogP contribution >= 0.6 is 15.9 Å². The molecule has 0 spiro atoms. The Morgan fingerprint density at radius 2 is 2.00 bits per heavy atom. The van der Waals surface area contributed by atoms with Crippen molar-refractivity contribution < 1.29 is 9.53 Å². The molecule has 4 heteroatoms. The molecule has 0 fully saturated rings. The molecule has 0 unspecified atom stereocenters. The zero-order chi connectivity index (χ0) is 15.2. The maximum absolute atomic E-state index is 12.3. The van der Waals surface area contributed by atoms with Crippen LogP contribution < -0.4 is 10.1 Å². The predicted octanol–water partition coefficient (Wildman–Crippen LogP) is 4.66. The minimum atomic E-state index is -0.178. The van der Waals surface area contributed by atoms with Gasteiger partial charge in [-0.2, -0.15) is 0 Å². The second kappa shape index (κ2) is 7.09. The number of hydrogen-bond acceptors (Lipinski definition) is 2. The highest BCUT2D eigenvalue weighted by atomic mass is 79.9. The van der Waals surface area contributed by atoms with Gasteiger partial charge in [0.2, 0.25) is 0 Å². The van der Waals surface area contributed by atoms with Gasteiger partial charge in [0.15, 0.2) is 0 Å². The number of rotatable bonds is 5. The van der Waals surface area contributed by atoms with Crippen molar-refractivity contribution >= 4 is 27.5 Å². The van der Waals surface area contributed by atoms with E-state index in [-0.39, 0.29) is 5.91 Å². The standard InChI is InChI=1S/C17H16BrNO2/c1-12(2)11-21-14-7-5-6-13(10-14)17(20)19-16-9-4-3-8-15(16)18/h3-10H,1,11H2,2H3,(H,19,20). The lowest BCUT2D eigenvalue weighted by Crippen LogP contribution is -2.12. The SMILES string of the molecule is C=C(C)COc1cccc(C(=O)Nc2ccccc2Br)c1. The number of anilines is 1. The van der Waals surface area contributed by atoms with Crippen molar-refractivity contribution in [2.45, 2.75) is 6.92 Å². The Balaban J connectivity index is 2.11. The van der Waals surface area contributed by atoms with Crippen LogP contribution in [0.1, 0.15) is 17.3 Å². The Kier molecular flexibility index (Phi) is 5.17. The van der Waals surface area contributed by atoms with Gasteiger partial charge < -0.3 is 10.1 Å². The van der Waals surface area contributed by atoms with Gasteiger partial charge in [0.1, 0.15) is 12.4 Å². The van der Waals surface area contributed by atoms with E-state index in [1.165, 1.54) is 0 Å². The lowest BCUT2D eigenvalue weighted by atomic mass is 10.2. The number of carbonyl (C=O) groups excluding carboxylic acids is 1. The number of halogens is 1.